The first-order valence-electron chi connectivity index (χ1n) is 11.3. The van der Waals surface area contributed by atoms with E-state index in [2.05, 4.69) is 28.4 Å². The number of nitrogens with zero attached hydrogens (tertiary/aromatic N) is 2. The Morgan fingerprint density at radius 3 is 2.61 bits per heavy atom. The molecule has 1 spiro atoms. The molecule has 0 unspecified atom stereocenters. The number of nitrogens with one attached hydrogen (secondary N) is 1. The van der Waals surface area contributed by atoms with Gasteiger partial charge in [-0.25, -0.2) is 4.98 Å². The molecule has 2 aliphatic heterocycles. The third-order valence-electron chi connectivity index (χ3n) is 7.87. The first kappa shape index (κ1) is 20.0. The Morgan fingerprint density at radius 2 is 1.97 bits per heavy atom. The Labute approximate surface area is 190 Å². The van der Waals surface area contributed by atoms with E-state index in [0.29, 0.717) is 17.1 Å². The zero-order valence-electron chi connectivity index (χ0n) is 17.6. The highest BCUT2D eigenvalue weighted by atomic mass is 35.5. The van der Waals surface area contributed by atoms with Gasteiger partial charge in [0.15, 0.2) is 0 Å². The van der Waals surface area contributed by atoms with Crippen molar-refractivity contribution in [2.45, 2.75) is 54.9 Å². The molecule has 6 rings (SSSR count). The van der Waals surface area contributed by atoms with Crippen molar-refractivity contribution in [1.29, 1.82) is 0 Å². The number of pyridine rings is 1. The van der Waals surface area contributed by atoms with Crippen LogP contribution in [0, 0.1) is 5.41 Å². The molecule has 3 fully saturated rings. The number of aliphatic hydroxyl groups excluding tert-OH is 1. The zero-order chi connectivity index (χ0) is 21.2. The molecule has 7 heteroatoms. The van der Waals surface area contributed by atoms with Gasteiger partial charge in [0.1, 0.15) is 5.82 Å². The van der Waals surface area contributed by atoms with Gasteiger partial charge in [-0.3, -0.25) is 4.21 Å². The van der Waals surface area contributed by atoms with E-state index in [0.717, 1.165) is 65.9 Å². The molecular formula is C24H28ClN3O2S. The van der Waals surface area contributed by atoms with Crippen molar-refractivity contribution < 1.29 is 9.32 Å². The Hall–Kier alpha value is -1.63. The first-order valence-corrected chi connectivity index (χ1v) is 13.0. The van der Waals surface area contributed by atoms with Crippen molar-refractivity contribution in [2.75, 3.05) is 35.7 Å². The van der Waals surface area contributed by atoms with Gasteiger partial charge in [-0.05, 0) is 55.7 Å². The van der Waals surface area contributed by atoms with Gasteiger partial charge >= 0.3 is 0 Å². The summed E-state index contributed by atoms with van der Waals surface area (Å²) in [6.45, 7) is 2.19. The molecular weight excluding hydrogens is 430 g/mol. The monoisotopic (exact) mass is 457 g/mol. The van der Waals surface area contributed by atoms with Crippen molar-refractivity contribution in [3.8, 4) is 0 Å². The summed E-state index contributed by atoms with van der Waals surface area (Å²) < 4.78 is 12.6. The number of halogens is 1. The Kier molecular flexibility index (Phi) is 4.64. The molecule has 2 saturated carbocycles. The van der Waals surface area contributed by atoms with E-state index in [4.69, 9.17) is 16.6 Å². The summed E-state index contributed by atoms with van der Waals surface area (Å²) in [6, 6.07) is 10.4. The highest BCUT2D eigenvalue weighted by Crippen LogP contribution is 2.57. The number of fused-ring (bicyclic) bond motifs is 1. The molecule has 1 saturated heterocycles. The minimum absolute atomic E-state index is 0.116. The van der Waals surface area contributed by atoms with E-state index in [1.165, 1.54) is 18.4 Å². The van der Waals surface area contributed by atoms with E-state index in [1.807, 2.05) is 12.1 Å². The van der Waals surface area contributed by atoms with Crippen molar-refractivity contribution in [3.63, 3.8) is 0 Å². The number of aryl methyl sites for hydroxylation is 1. The molecule has 2 aromatic rings. The fraction of sp³-hybridized carbons (Fsp3) is 0.542. The van der Waals surface area contributed by atoms with Crippen LogP contribution in [0.1, 0.15) is 49.3 Å². The number of aliphatic hydroxyl groups is 1. The van der Waals surface area contributed by atoms with Crippen LogP contribution >= 0.6 is 11.6 Å². The molecule has 1 aromatic carbocycles. The lowest BCUT2D eigenvalue weighted by Crippen LogP contribution is -2.62. The van der Waals surface area contributed by atoms with Crippen LogP contribution in [-0.4, -0.2) is 45.3 Å². The third-order valence-corrected chi connectivity index (χ3v) is 9.61. The fourth-order valence-electron chi connectivity index (χ4n) is 5.89. The molecule has 3 heterocycles. The first-order chi connectivity index (χ1) is 15.0. The Morgan fingerprint density at radius 1 is 1.23 bits per heavy atom. The van der Waals surface area contributed by atoms with E-state index >= 15 is 0 Å². The minimum atomic E-state index is -0.997. The highest BCUT2D eigenvalue weighted by Gasteiger charge is 2.53. The molecule has 2 aliphatic carbocycles. The van der Waals surface area contributed by atoms with E-state index < -0.39 is 10.8 Å². The summed E-state index contributed by atoms with van der Waals surface area (Å²) in [4.78, 5) is 8.15. The van der Waals surface area contributed by atoms with Crippen LogP contribution in [0.3, 0.4) is 0 Å². The van der Waals surface area contributed by atoms with E-state index in [9.17, 15) is 9.32 Å². The maximum absolute atomic E-state index is 12.6. The largest absolute Gasteiger partial charge is 0.394 e. The average molecular weight is 458 g/mol. The summed E-state index contributed by atoms with van der Waals surface area (Å²) in [6.07, 6.45) is 6.26. The molecule has 4 aliphatic rings. The maximum Gasteiger partial charge on any atom is 0.131 e. The molecule has 0 bridgehead atoms. The summed E-state index contributed by atoms with van der Waals surface area (Å²) in [5.41, 5.74) is 3.45. The number of benzene rings is 1. The lowest BCUT2D eigenvalue weighted by atomic mass is 9.56. The summed E-state index contributed by atoms with van der Waals surface area (Å²) in [7, 11) is -0.997. The lowest BCUT2D eigenvalue weighted by molar-refractivity contribution is 0.0627. The number of anilines is 2. The number of hydrogen-bond acceptors (Lipinski definition) is 5. The van der Waals surface area contributed by atoms with Crippen molar-refractivity contribution in [2.24, 2.45) is 5.41 Å². The van der Waals surface area contributed by atoms with E-state index in [-0.39, 0.29) is 12.1 Å². The van der Waals surface area contributed by atoms with E-state index in [1.54, 1.807) is 0 Å². The molecule has 0 amide bonds. The summed E-state index contributed by atoms with van der Waals surface area (Å²) in [5, 5.41) is 14.3. The van der Waals surface area contributed by atoms with Gasteiger partial charge in [-0.15, -0.1) is 0 Å². The second-order valence-electron chi connectivity index (χ2n) is 10.0. The molecule has 31 heavy (non-hydrogen) atoms. The predicted octanol–water partition coefficient (Wildman–Crippen LogP) is 4.11. The SMILES string of the molecule is O=[S@]1CCc2nc(N3CC4(CC(c5ccc(Cl)cc5)C4)C3)cc(NC3(CO)CCC3)c21. The number of rotatable bonds is 5. The van der Waals surface area contributed by atoms with Gasteiger partial charge in [0.05, 0.1) is 39.2 Å². The van der Waals surface area contributed by atoms with Crippen LogP contribution in [0.25, 0.3) is 0 Å². The third kappa shape index (κ3) is 3.30. The normalized spacial score (nSPS) is 25.5. The molecule has 5 nitrogen and oxygen atoms in total. The topological polar surface area (TPSA) is 65.5 Å². The smallest absolute Gasteiger partial charge is 0.131 e. The minimum Gasteiger partial charge on any atom is -0.394 e. The van der Waals surface area contributed by atoms with Crippen LogP contribution in [0.5, 0.6) is 0 Å². The highest BCUT2D eigenvalue weighted by molar-refractivity contribution is 7.85. The summed E-state index contributed by atoms with van der Waals surface area (Å²) in [5.74, 6) is 2.28. The van der Waals surface area contributed by atoms with Crippen LogP contribution in [0.15, 0.2) is 35.2 Å². The standard InChI is InChI=1S/C24H28ClN3O2S/c25-18-4-2-16(3-5-18)17-11-23(12-17)13-28(14-23)21-10-20(27-24(15-29)7-1-8-24)22-19(26-21)6-9-31(22)30/h2-5,10,17,29H,1,6-9,11-15H2,(H,26,27)/t31-/m0/s1. The van der Waals surface area contributed by atoms with Crippen LogP contribution in [-0.2, 0) is 17.2 Å². The molecule has 1 atom stereocenters. The van der Waals surface area contributed by atoms with Crippen LogP contribution in [0.2, 0.25) is 5.02 Å². The van der Waals surface area contributed by atoms with Gasteiger partial charge in [0.25, 0.3) is 0 Å². The second kappa shape index (κ2) is 7.19. The van der Waals surface area contributed by atoms with Gasteiger partial charge < -0.3 is 15.3 Å². The van der Waals surface area contributed by atoms with Crippen molar-refractivity contribution in [3.05, 3.63) is 46.6 Å². The number of aromatic nitrogens is 1. The fourth-order valence-corrected chi connectivity index (χ4v) is 7.37. The number of hydrogen-bond donors (Lipinski definition) is 2. The van der Waals surface area contributed by atoms with Gasteiger partial charge in [-0.1, -0.05) is 23.7 Å². The summed E-state index contributed by atoms with van der Waals surface area (Å²) >= 11 is 6.03. The van der Waals surface area contributed by atoms with Crippen LogP contribution in [0.4, 0.5) is 11.5 Å². The maximum atomic E-state index is 12.6. The van der Waals surface area contributed by atoms with Gasteiger partial charge in [0, 0.05) is 41.8 Å². The predicted molar refractivity (Wildman–Crippen MR) is 125 cm³/mol. The van der Waals surface area contributed by atoms with Crippen LogP contribution < -0.4 is 10.2 Å². The van der Waals surface area contributed by atoms with Crippen molar-refractivity contribution >= 4 is 33.9 Å². The quantitative estimate of drug-likeness (QED) is 0.707. The Bertz CT molecular complexity index is 1030. The van der Waals surface area contributed by atoms with Crippen molar-refractivity contribution in [1.82, 2.24) is 4.98 Å². The molecule has 0 radical (unpaired) electrons. The second-order valence-corrected chi connectivity index (χ2v) is 12.0. The molecule has 1 aromatic heterocycles. The van der Waals surface area contributed by atoms with Gasteiger partial charge in [0.2, 0.25) is 0 Å². The average Bonchev–Trinajstić information content (AvgIpc) is 3.05. The lowest BCUT2D eigenvalue weighted by Gasteiger charge is -2.59. The van der Waals surface area contributed by atoms with Gasteiger partial charge in [-0.2, -0.15) is 0 Å². The zero-order valence-corrected chi connectivity index (χ0v) is 19.1. The molecule has 2 N–H and O–H groups in total. The Balaban J connectivity index is 1.18. The molecule has 164 valence electrons.